The maximum atomic E-state index is 5.84. The molecule has 0 saturated heterocycles. The minimum absolute atomic E-state index is 0.674. The fourth-order valence-corrected chi connectivity index (χ4v) is 3.94. The molecule has 180 valence electrons. The van der Waals surface area contributed by atoms with Gasteiger partial charge in [-0.3, -0.25) is 0 Å². The second-order valence-electron chi connectivity index (χ2n) is 8.41. The van der Waals surface area contributed by atoms with Crippen LogP contribution in [0.3, 0.4) is 0 Å². The van der Waals surface area contributed by atoms with Crippen LogP contribution in [0.4, 0.5) is 11.4 Å². The molecule has 3 aromatic rings. The van der Waals surface area contributed by atoms with Crippen molar-refractivity contribution in [2.45, 2.75) is 66.2 Å². The monoisotopic (exact) mass is 458 g/mol. The summed E-state index contributed by atoms with van der Waals surface area (Å²) in [6.07, 6.45) is 6.63. The van der Waals surface area contributed by atoms with Gasteiger partial charge in [0.05, 0.1) is 24.6 Å². The first-order valence-corrected chi connectivity index (χ1v) is 12.7. The number of ether oxygens (including phenoxy) is 2. The molecule has 4 heteroatoms. The molecule has 0 unspecified atom stereocenters. The van der Waals surface area contributed by atoms with Crippen molar-refractivity contribution < 1.29 is 9.47 Å². The SMILES string of the molecule is CCCCCCOc1ccc(N=Nc2c(CC)cc(-c3ccc(OCC)cc3)cc2CC)cc1. The maximum Gasteiger partial charge on any atom is 0.119 e. The average Bonchev–Trinajstić information content (AvgIpc) is 2.88. The normalized spacial score (nSPS) is 11.2. The number of azo groups is 1. The Balaban J connectivity index is 1.74. The lowest BCUT2D eigenvalue weighted by molar-refractivity contribution is 0.305. The van der Waals surface area contributed by atoms with E-state index in [1.54, 1.807) is 0 Å². The van der Waals surface area contributed by atoms with Gasteiger partial charge in [0.15, 0.2) is 0 Å². The molecule has 0 saturated carbocycles. The first-order valence-electron chi connectivity index (χ1n) is 12.7. The Morgan fingerprint density at radius 3 is 1.82 bits per heavy atom. The summed E-state index contributed by atoms with van der Waals surface area (Å²) in [5, 5.41) is 9.22. The Hall–Kier alpha value is -3.14. The van der Waals surface area contributed by atoms with Crippen molar-refractivity contribution in [3.63, 3.8) is 0 Å². The predicted octanol–water partition coefficient (Wildman–Crippen LogP) is 9.25. The van der Waals surface area contributed by atoms with Crippen LogP contribution in [-0.2, 0) is 12.8 Å². The highest BCUT2D eigenvalue weighted by Crippen LogP contribution is 2.34. The van der Waals surface area contributed by atoms with Crippen LogP contribution in [0.15, 0.2) is 70.9 Å². The second-order valence-corrected chi connectivity index (χ2v) is 8.41. The van der Waals surface area contributed by atoms with Crippen LogP contribution in [0.2, 0.25) is 0 Å². The van der Waals surface area contributed by atoms with Crippen LogP contribution in [-0.4, -0.2) is 13.2 Å². The molecule has 34 heavy (non-hydrogen) atoms. The first kappa shape index (κ1) is 25.5. The van der Waals surface area contributed by atoms with Crippen LogP contribution >= 0.6 is 0 Å². The fraction of sp³-hybridized carbons (Fsp3) is 0.400. The molecule has 0 amide bonds. The van der Waals surface area contributed by atoms with Crippen molar-refractivity contribution >= 4 is 11.4 Å². The zero-order valence-corrected chi connectivity index (χ0v) is 21.1. The second kappa shape index (κ2) is 13.5. The smallest absolute Gasteiger partial charge is 0.119 e. The molecule has 0 aromatic heterocycles. The van der Waals surface area contributed by atoms with Crippen LogP contribution in [0.1, 0.15) is 64.5 Å². The number of unbranched alkanes of at least 4 members (excludes halogenated alkanes) is 3. The van der Waals surface area contributed by atoms with E-state index >= 15 is 0 Å². The zero-order chi connectivity index (χ0) is 24.2. The average molecular weight is 459 g/mol. The van der Waals surface area contributed by atoms with E-state index in [0.29, 0.717) is 6.61 Å². The standard InChI is InChI=1S/C30H38N2O2/c1-5-9-10-11-20-34-29-18-14-27(15-19-29)31-32-30-23(6-2)21-26(22-24(30)7-3)25-12-16-28(17-13-25)33-8-4/h12-19,21-22H,5-11,20H2,1-4H3. The molecule has 0 aliphatic heterocycles. The number of nitrogens with zero attached hydrogens (tertiary/aromatic N) is 2. The topological polar surface area (TPSA) is 43.2 Å². The van der Waals surface area contributed by atoms with Gasteiger partial charge in [0.25, 0.3) is 0 Å². The van der Waals surface area contributed by atoms with E-state index < -0.39 is 0 Å². The molecule has 3 aromatic carbocycles. The fourth-order valence-electron chi connectivity index (χ4n) is 3.94. The largest absolute Gasteiger partial charge is 0.494 e. The van der Waals surface area contributed by atoms with Gasteiger partial charge < -0.3 is 9.47 Å². The molecule has 0 atom stereocenters. The van der Waals surface area contributed by atoms with Gasteiger partial charge >= 0.3 is 0 Å². The predicted molar refractivity (Wildman–Crippen MR) is 142 cm³/mol. The third-order valence-corrected chi connectivity index (χ3v) is 5.90. The van der Waals surface area contributed by atoms with Crippen molar-refractivity contribution in [3.8, 4) is 22.6 Å². The van der Waals surface area contributed by atoms with E-state index in [-0.39, 0.29) is 0 Å². The third-order valence-electron chi connectivity index (χ3n) is 5.90. The lowest BCUT2D eigenvalue weighted by Crippen LogP contribution is -1.96. The van der Waals surface area contributed by atoms with E-state index in [2.05, 4.69) is 55.3 Å². The molecule has 0 N–H and O–H groups in total. The van der Waals surface area contributed by atoms with Gasteiger partial charge in [-0.25, -0.2) is 0 Å². The minimum atomic E-state index is 0.674. The molecule has 0 spiro atoms. The molecular formula is C30H38N2O2. The Morgan fingerprint density at radius 2 is 1.24 bits per heavy atom. The summed E-state index contributed by atoms with van der Waals surface area (Å²) < 4.78 is 11.4. The zero-order valence-electron chi connectivity index (χ0n) is 21.1. The number of rotatable bonds is 13. The number of hydrogen-bond acceptors (Lipinski definition) is 4. The quantitative estimate of drug-likeness (QED) is 0.189. The Morgan fingerprint density at radius 1 is 0.618 bits per heavy atom. The lowest BCUT2D eigenvalue weighted by atomic mass is 9.95. The summed E-state index contributed by atoms with van der Waals surface area (Å²) in [5.41, 5.74) is 6.62. The summed E-state index contributed by atoms with van der Waals surface area (Å²) in [5.74, 6) is 1.79. The van der Waals surface area contributed by atoms with Gasteiger partial charge in [0.2, 0.25) is 0 Å². The van der Waals surface area contributed by atoms with Crippen molar-refractivity contribution in [1.82, 2.24) is 0 Å². The summed E-state index contributed by atoms with van der Waals surface area (Å²) in [4.78, 5) is 0. The van der Waals surface area contributed by atoms with Gasteiger partial charge in [-0.15, -0.1) is 5.11 Å². The van der Waals surface area contributed by atoms with E-state index in [1.807, 2.05) is 43.3 Å². The molecular weight excluding hydrogens is 420 g/mol. The van der Waals surface area contributed by atoms with Gasteiger partial charge in [-0.2, -0.15) is 5.11 Å². The molecule has 3 rings (SSSR count). The van der Waals surface area contributed by atoms with Gasteiger partial charge in [0.1, 0.15) is 11.5 Å². The first-order chi connectivity index (χ1) is 16.7. The van der Waals surface area contributed by atoms with Crippen LogP contribution in [0.25, 0.3) is 11.1 Å². The Bertz CT molecular complexity index is 1020. The van der Waals surface area contributed by atoms with E-state index in [4.69, 9.17) is 9.47 Å². The van der Waals surface area contributed by atoms with Gasteiger partial charge in [-0.05, 0) is 97.0 Å². The van der Waals surface area contributed by atoms with Crippen molar-refractivity contribution in [1.29, 1.82) is 0 Å². The van der Waals surface area contributed by atoms with Crippen LogP contribution in [0, 0.1) is 0 Å². The highest BCUT2D eigenvalue weighted by atomic mass is 16.5. The van der Waals surface area contributed by atoms with Gasteiger partial charge in [-0.1, -0.05) is 52.2 Å². The van der Waals surface area contributed by atoms with E-state index in [1.165, 1.54) is 41.5 Å². The highest BCUT2D eigenvalue weighted by Gasteiger charge is 2.11. The highest BCUT2D eigenvalue weighted by molar-refractivity contribution is 5.70. The van der Waals surface area contributed by atoms with Crippen molar-refractivity contribution in [2.75, 3.05) is 13.2 Å². The summed E-state index contributed by atoms with van der Waals surface area (Å²) in [7, 11) is 0. The van der Waals surface area contributed by atoms with Gasteiger partial charge in [0, 0.05) is 0 Å². The molecule has 0 fully saturated rings. The summed E-state index contributed by atoms with van der Waals surface area (Å²) in [6.45, 7) is 10.00. The van der Waals surface area contributed by atoms with Crippen LogP contribution < -0.4 is 9.47 Å². The van der Waals surface area contributed by atoms with Crippen molar-refractivity contribution in [2.24, 2.45) is 10.2 Å². The Kier molecular flexibility index (Phi) is 10.1. The number of aryl methyl sites for hydroxylation is 2. The molecule has 4 nitrogen and oxygen atoms in total. The molecule has 0 aliphatic carbocycles. The summed E-state index contributed by atoms with van der Waals surface area (Å²) >= 11 is 0. The molecule has 0 bridgehead atoms. The molecule has 0 radical (unpaired) electrons. The van der Waals surface area contributed by atoms with Crippen LogP contribution in [0.5, 0.6) is 11.5 Å². The molecule has 0 heterocycles. The van der Waals surface area contributed by atoms with Crippen molar-refractivity contribution in [3.05, 3.63) is 71.8 Å². The number of hydrogen-bond donors (Lipinski definition) is 0. The van der Waals surface area contributed by atoms with E-state index in [0.717, 1.165) is 48.7 Å². The minimum Gasteiger partial charge on any atom is -0.494 e. The maximum absolute atomic E-state index is 5.84. The van der Waals surface area contributed by atoms with E-state index in [9.17, 15) is 0 Å². The Labute approximate surface area is 205 Å². The summed E-state index contributed by atoms with van der Waals surface area (Å²) in [6, 6.07) is 20.7. The number of benzene rings is 3. The third kappa shape index (κ3) is 7.18. The molecule has 0 aliphatic rings. The lowest BCUT2D eigenvalue weighted by Gasteiger charge is -2.13.